The van der Waals surface area contributed by atoms with Gasteiger partial charge in [-0.05, 0) is 73.4 Å². The van der Waals surface area contributed by atoms with Crippen molar-refractivity contribution in [2.45, 2.75) is 53.1 Å². The van der Waals surface area contributed by atoms with Crippen LogP contribution in [0.1, 0.15) is 76.7 Å². The topological polar surface area (TPSA) is 63.7 Å². The molecule has 2 amide bonds. The molecule has 168 valence electrons. The summed E-state index contributed by atoms with van der Waals surface area (Å²) in [5.41, 5.74) is 2.03. The lowest BCUT2D eigenvalue weighted by atomic mass is 9.75. The predicted octanol–water partition coefficient (Wildman–Crippen LogP) is 6.07. The minimum atomic E-state index is -0.467. The number of rotatable bonds is 4. The SMILES string of the molecule is Cc1ccc(N2C(=O)c3ccc(C(=O)OC4CC(C)CCC4C(C)C)cc3C2=O)cc1Cl. The molecule has 1 aliphatic carbocycles. The Kier molecular flexibility index (Phi) is 6.13. The van der Waals surface area contributed by atoms with E-state index in [0.717, 1.165) is 29.7 Å². The Morgan fingerprint density at radius 1 is 1.06 bits per heavy atom. The zero-order chi connectivity index (χ0) is 23.2. The van der Waals surface area contributed by atoms with Crippen LogP contribution in [0.3, 0.4) is 0 Å². The average Bonchev–Trinajstić information content (AvgIpc) is 2.99. The highest BCUT2D eigenvalue weighted by molar-refractivity contribution is 6.36. The summed E-state index contributed by atoms with van der Waals surface area (Å²) in [4.78, 5) is 40.0. The van der Waals surface area contributed by atoms with Gasteiger partial charge >= 0.3 is 5.97 Å². The lowest BCUT2D eigenvalue weighted by Crippen LogP contribution is -2.35. The molecule has 1 fully saturated rings. The second-order valence-corrected chi connectivity index (χ2v) is 9.82. The van der Waals surface area contributed by atoms with Crippen LogP contribution in [0.4, 0.5) is 5.69 Å². The van der Waals surface area contributed by atoms with Crippen molar-refractivity contribution in [2.24, 2.45) is 17.8 Å². The standard InChI is InChI=1S/C26H28ClNO4/c1-14(2)19-9-5-15(3)11-23(19)32-26(31)17-7-10-20-21(12-17)25(30)28(24(20)29)18-8-6-16(4)22(27)13-18/h6-8,10,12-15,19,23H,5,9,11H2,1-4H3. The minimum absolute atomic E-state index is 0.136. The van der Waals surface area contributed by atoms with Crippen LogP contribution in [0.25, 0.3) is 0 Å². The lowest BCUT2D eigenvalue weighted by molar-refractivity contribution is -0.0174. The first-order valence-electron chi connectivity index (χ1n) is 11.2. The van der Waals surface area contributed by atoms with E-state index in [-0.39, 0.29) is 22.8 Å². The van der Waals surface area contributed by atoms with Crippen molar-refractivity contribution in [1.82, 2.24) is 0 Å². The Hall–Kier alpha value is -2.66. The number of hydrogen-bond donors (Lipinski definition) is 0. The Labute approximate surface area is 193 Å². The van der Waals surface area contributed by atoms with Crippen LogP contribution < -0.4 is 4.90 Å². The number of imide groups is 1. The number of benzene rings is 2. The van der Waals surface area contributed by atoms with Crippen molar-refractivity contribution < 1.29 is 19.1 Å². The summed E-state index contributed by atoms with van der Waals surface area (Å²) < 4.78 is 5.92. The first kappa shape index (κ1) is 22.5. The summed E-state index contributed by atoms with van der Waals surface area (Å²) in [6.45, 7) is 8.35. The van der Waals surface area contributed by atoms with Crippen LogP contribution in [-0.2, 0) is 4.74 Å². The summed E-state index contributed by atoms with van der Waals surface area (Å²) in [6, 6.07) is 9.63. The monoisotopic (exact) mass is 453 g/mol. The number of ether oxygens (including phenoxy) is 1. The molecule has 1 saturated carbocycles. The number of nitrogens with zero attached hydrogens (tertiary/aromatic N) is 1. The third-order valence-corrected chi connectivity index (χ3v) is 7.16. The van der Waals surface area contributed by atoms with E-state index in [2.05, 4.69) is 20.8 Å². The summed E-state index contributed by atoms with van der Waals surface area (Å²) in [6.07, 6.45) is 2.90. The van der Waals surface area contributed by atoms with E-state index in [1.807, 2.05) is 6.92 Å². The van der Waals surface area contributed by atoms with Gasteiger partial charge in [-0.2, -0.15) is 0 Å². The van der Waals surface area contributed by atoms with Gasteiger partial charge in [0.1, 0.15) is 6.10 Å². The molecule has 2 aromatic carbocycles. The van der Waals surface area contributed by atoms with Crippen LogP contribution >= 0.6 is 11.6 Å². The highest BCUT2D eigenvalue weighted by atomic mass is 35.5. The molecule has 0 saturated heterocycles. The van der Waals surface area contributed by atoms with Gasteiger partial charge in [0.05, 0.1) is 22.4 Å². The smallest absolute Gasteiger partial charge is 0.338 e. The van der Waals surface area contributed by atoms with Crippen molar-refractivity contribution in [2.75, 3.05) is 4.90 Å². The molecule has 5 nitrogen and oxygen atoms in total. The first-order valence-corrected chi connectivity index (χ1v) is 11.5. The molecule has 6 heteroatoms. The van der Waals surface area contributed by atoms with E-state index >= 15 is 0 Å². The molecule has 0 spiro atoms. The van der Waals surface area contributed by atoms with Gasteiger partial charge in [-0.3, -0.25) is 9.59 Å². The van der Waals surface area contributed by atoms with Crippen LogP contribution in [0.2, 0.25) is 5.02 Å². The van der Waals surface area contributed by atoms with E-state index in [4.69, 9.17) is 16.3 Å². The maximum Gasteiger partial charge on any atom is 0.338 e. The van der Waals surface area contributed by atoms with Crippen molar-refractivity contribution in [3.8, 4) is 0 Å². The number of amides is 2. The van der Waals surface area contributed by atoms with E-state index in [1.54, 1.807) is 24.3 Å². The Morgan fingerprint density at radius 2 is 1.78 bits per heavy atom. The number of carbonyl (C=O) groups excluding carboxylic acids is 3. The number of carbonyl (C=O) groups is 3. The fourth-order valence-electron chi connectivity index (χ4n) is 4.78. The zero-order valence-electron chi connectivity index (χ0n) is 18.9. The number of halogens is 1. The van der Waals surface area contributed by atoms with Crippen molar-refractivity contribution in [3.63, 3.8) is 0 Å². The van der Waals surface area contributed by atoms with E-state index in [9.17, 15) is 14.4 Å². The van der Waals surface area contributed by atoms with Crippen LogP contribution in [-0.4, -0.2) is 23.9 Å². The van der Waals surface area contributed by atoms with Gasteiger partial charge in [0.15, 0.2) is 0 Å². The molecular formula is C26H28ClNO4. The molecule has 0 N–H and O–H groups in total. The normalized spacial score (nSPS) is 22.9. The van der Waals surface area contributed by atoms with E-state index in [0.29, 0.717) is 28.5 Å². The first-order chi connectivity index (χ1) is 15.2. The molecular weight excluding hydrogens is 426 g/mol. The van der Waals surface area contributed by atoms with E-state index < -0.39 is 17.8 Å². The van der Waals surface area contributed by atoms with Crippen molar-refractivity contribution >= 4 is 35.1 Å². The minimum Gasteiger partial charge on any atom is -0.458 e. The summed E-state index contributed by atoms with van der Waals surface area (Å²) in [5.74, 6) is -0.0766. The molecule has 4 rings (SSSR count). The molecule has 0 bridgehead atoms. The third-order valence-electron chi connectivity index (χ3n) is 6.76. The molecule has 0 radical (unpaired) electrons. The van der Waals surface area contributed by atoms with Gasteiger partial charge in [-0.25, -0.2) is 9.69 Å². The second-order valence-electron chi connectivity index (χ2n) is 9.41. The number of anilines is 1. The second kappa shape index (κ2) is 8.70. The molecule has 2 aromatic rings. The number of hydrogen-bond acceptors (Lipinski definition) is 4. The molecule has 3 atom stereocenters. The third kappa shape index (κ3) is 4.06. The number of esters is 1. The van der Waals surface area contributed by atoms with Crippen molar-refractivity contribution in [3.05, 3.63) is 63.7 Å². The van der Waals surface area contributed by atoms with Crippen LogP contribution in [0.5, 0.6) is 0 Å². The lowest BCUT2D eigenvalue weighted by Gasteiger charge is -2.36. The van der Waals surface area contributed by atoms with Gasteiger partial charge in [0, 0.05) is 5.02 Å². The molecule has 1 heterocycles. The molecule has 2 aliphatic rings. The summed E-state index contributed by atoms with van der Waals surface area (Å²) in [7, 11) is 0. The van der Waals surface area contributed by atoms with E-state index in [1.165, 1.54) is 12.1 Å². The Balaban J connectivity index is 1.58. The molecule has 0 aromatic heterocycles. The molecule has 3 unspecified atom stereocenters. The van der Waals surface area contributed by atoms with Gasteiger partial charge < -0.3 is 4.74 Å². The molecule has 32 heavy (non-hydrogen) atoms. The van der Waals surface area contributed by atoms with Gasteiger partial charge in [-0.1, -0.05) is 44.9 Å². The number of aryl methyl sites for hydroxylation is 1. The van der Waals surface area contributed by atoms with Gasteiger partial charge in [0.25, 0.3) is 11.8 Å². The van der Waals surface area contributed by atoms with Crippen LogP contribution in [0, 0.1) is 24.7 Å². The number of fused-ring (bicyclic) bond motifs is 1. The molecule has 1 aliphatic heterocycles. The fourth-order valence-corrected chi connectivity index (χ4v) is 4.95. The Morgan fingerprint density at radius 3 is 2.47 bits per heavy atom. The fraction of sp³-hybridized carbons (Fsp3) is 0.423. The summed E-state index contributed by atoms with van der Waals surface area (Å²) in [5, 5.41) is 0.477. The largest absolute Gasteiger partial charge is 0.458 e. The average molecular weight is 454 g/mol. The predicted molar refractivity (Wildman–Crippen MR) is 124 cm³/mol. The van der Waals surface area contributed by atoms with Crippen molar-refractivity contribution in [1.29, 1.82) is 0 Å². The maximum atomic E-state index is 13.1. The van der Waals surface area contributed by atoms with Gasteiger partial charge in [0.2, 0.25) is 0 Å². The maximum absolute atomic E-state index is 13.1. The highest BCUT2D eigenvalue weighted by Gasteiger charge is 2.38. The highest BCUT2D eigenvalue weighted by Crippen LogP contribution is 2.36. The Bertz CT molecular complexity index is 1090. The quantitative estimate of drug-likeness (QED) is 0.416. The van der Waals surface area contributed by atoms with Gasteiger partial charge in [-0.15, -0.1) is 0 Å². The summed E-state index contributed by atoms with van der Waals surface area (Å²) >= 11 is 6.19. The van der Waals surface area contributed by atoms with Crippen LogP contribution in [0.15, 0.2) is 36.4 Å². The zero-order valence-corrected chi connectivity index (χ0v) is 19.6.